The molecule has 3 nitrogen and oxygen atoms in total. The molecule has 1 aromatic rings. The predicted octanol–water partition coefficient (Wildman–Crippen LogP) is 4.16. The molecule has 2 rings (SSSR count). The fourth-order valence-electron chi connectivity index (χ4n) is 2.02. The maximum Gasteiger partial charge on any atom is 0.180 e. The van der Waals surface area contributed by atoms with Gasteiger partial charge in [-0.25, -0.2) is 0 Å². The van der Waals surface area contributed by atoms with Crippen LogP contribution in [0.2, 0.25) is 0 Å². The zero-order valence-corrected chi connectivity index (χ0v) is 13.0. The lowest BCUT2D eigenvalue weighted by Crippen LogP contribution is -2.45. The van der Waals surface area contributed by atoms with Gasteiger partial charge in [0, 0.05) is 30.3 Å². The van der Waals surface area contributed by atoms with Crippen LogP contribution in [0.25, 0.3) is 0 Å². The van der Waals surface area contributed by atoms with Crippen molar-refractivity contribution in [3.63, 3.8) is 0 Å². The molecule has 0 atom stereocenters. The van der Waals surface area contributed by atoms with Gasteiger partial charge in [-0.05, 0) is 46.8 Å². The van der Waals surface area contributed by atoms with E-state index in [9.17, 15) is 0 Å². The summed E-state index contributed by atoms with van der Waals surface area (Å²) in [6.45, 7) is 10.7. The Balaban J connectivity index is 2.07. The molecule has 0 amide bonds. The van der Waals surface area contributed by atoms with Gasteiger partial charge in [0.1, 0.15) is 5.75 Å². The highest BCUT2D eigenvalue weighted by Crippen LogP contribution is 2.25. The first-order valence-corrected chi connectivity index (χ1v) is 6.97. The van der Waals surface area contributed by atoms with E-state index in [2.05, 4.69) is 56.8 Å². The van der Waals surface area contributed by atoms with Crippen LogP contribution in [0, 0.1) is 0 Å². The van der Waals surface area contributed by atoms with Crippen molar-refractivity contribution in [1.82, 2.24) is 9.80 Å². The minimum absolute atomic E-state index is 0.0868. The minimum Gasteiger partial charge on any atom is -0.468 e. The van der Waals surface area contributed by atoms with Crippen molar-refractivity contribution in [1.29, 1.82) is 0 Å². The fourth-order valence-corrected chi connectivity index (χ4v) is 2.02. The summed E-state index contributed by atoms with van der Waals surface area (Å²) in [5.74, 6) is 0.873. The van der Waals surface area contributed by atoms with E-state index in [1.54, 1.807) is 0 Å². The molecule has 1 heterocycles. The molecule has 20 heavy (non-hydrogen) atoms. The van der Waals surface area contributed by atoms with Crippen LogP contribution in [0.15, 0.2) is 55.1 Å². The molecule has 0 aromatic heterocycles. The largest absolute Gasteiger partial charge is 0.468 e. The lowest BCUT2D eigenvalue weighted by Gasteiger charge is -2.40. The molecule has 0 spiro atoms. The van der Waals surface area contributed by atoms with Crippen LogP contribution < -0.4 is 4.74 Å². The molecule has 108 valence electrons. The van der Waals surface area contributed by atoms with Crippen molar-refractivity contribution >= 4 is 0 Å². The van der Waals surface area contributed by atoms with E-state index in [-0.39, 0.29) is 5.54 Å². The molecule has 0 aliphatic carbocycles. The summed E-state index contributed by atoms with van der Waals surface area (Å²) in [6, 6.07) is 9.90. The molecule has 1 aliphatic rings. The highest BCUT2D eigenvalue weighted by molar-refractivity contribution is 5.22. The number of benzene rings is 1. The van der Waals surface area contributed by atoms with Crippen LogP contribution in [-0.2, 0) is 0 Å². The van der Waals surface area contributed by atoms with Gasteiger partial charge < -0.3 is 14.5 Å². The van der Waals surface area contributed by atoms with Crippen molar-refractivity contribution in [2.75, 3.05) is 0 Å². The Morgan fingerprint density at radius 2 is 1.25 bits per heavy atom. The van der Waals surface area contributed by atoms with Gasteiger partial charge in [-0.15, -0.1) is 0 Å². The summed E-state index contributed by atoms with van der Waals surface area (Å²) in [7, 11) is 0. The number of hydrogen-bond donors (Lipinski definition) is 0. The predicted molar refractivity (Wildman–Crippen MR) is 82.9 cm³/mol. The normalized spacial score (nSPS) is 15.7. The van der Waals surface area contributed by atoms with Crippen molar-refractivity contribution in [3.05, 3.63) is 55.1 Å². The van der Waals surface area contributed by atoms with Gasteiger partial charge in [-0.1, -0.05) is 18.2 Å². The van der Waals surface area contributed by atoms with Gasteiger partial charge in [-0.2, -0.15) is 0 Å². The average Bonchev–Trinajstić information content (AvgIpc) is 2.38. The van der Waals surface area contributed by atoms with Crippen LogP contribution in [0.5, 0.6) is 5.75 Å². The minimum atomic E-state index is -0.432. The van der Waals surface area contributed by atoms with E-state index in [4.69, 9.17) is 4.74 Å². The molecule has 0 N–H and O–H groups in total. The number of ether oxygens (including phenoxy) is 1. The fraction of sp³-hybridized carbons (Fsp3) is 0.412. The monoisotopic (exact) mass is 272 g/mol. The number of rotatable bonds is 3. The SMILES string of the molecule is CC(C)(C)N1C=CN(C(C)(C)Oc2ccccc2)C=C1. The zero-order valence-electron chi connectivity index (χ0n) is 13.0. The van der Waals surface area contributed by atoms with E-state index < -0.39 is 5.72 Å². The van der Waals surface area contributed by atoms with Gasteiger partial charge in [0.05, 0.1) is 0 Å². The molecule has 0 saturated carbocycles. The highest BCUT2D eigenvalue weighted by atomic mass is 16.5. The lowest BCUT2D eigenvalue weighted by atomic mass is 10.1. The Morgan fingerprint density at radius 1 is 0.750 bits per heavy atom. The van der Waals surface area contributed by atoms with Gasteiger partial charge >= 0.3 is 0 Å². The van der Waals surface area contributed by atoms with E-state index in [1.807, 2.05) is 42.7 Å². The quantitative estimate of drug-likeness (QED) is 0.821. The first-order chi connectivity index (χ1) is 9.29. The summed E-state index contributed by atoms with van der Waals surface area (Å²) in [6.07, 6.45) is 8.26. The number of para-hydroxylation sites is 1. The third-order valence-electron chi connectivity index (χ3n) is 3.28. The van der Waals surface area contributed by atoms with Crippen molar-refractivity contribution in [3.8, 4) is 5.75 Å². The molecule has 0 fully saturated rings. The van der Waals surface area contributed by atoms with Crippen LogP contribution in [0.4, 0.5) is 0 Å². The topological polar surface area (TPSA) is 15.7 Å². The van der Waals surface area contributed by atoms with Crippen LogP contribution in [0.1, 0.15) is 34.6 Å². The molecule has 3 heteroatoms. The maximum atomic E-state index is 6.07. The molecular formula is C17H24N2O. The molecular weight excluding hydrogens is 248 g/mol. The van der Waals surface area contributed by atoms with E-state index >= 15 is 0 Å². The summed E-state index contributed by atoms with van der Waals surface area (Å²) in [4.78, 5) is 4.25. The van der Waals surface area contributed by atoms with Gasteiger partial charge in [0.25, 0.3) is 0 Å². The first-order valence-electron chi connectivity index (χ1n) is 6.97. The second-order valence-corrected chi connectivity index (χ2v) is 6.44. The van der Waals surface area contributed by atoms with Gasteiger partial charge in [0.15, 0.2) is 5.72 Å². The molecule has 0 bridgehead atoms. The van der Waals surface area contributed by atoms with Gasteiger partial charge in [0.2, 0.25) is 0 Å². The highest BCUT2D eigenvalue weighted by Gasteiger charge is 2.27. The molecule has 0 unspecified atom stereocenters. The average molecular weight is 272 g/mol. The number of hydrogen-bond acceptors (Lipinski definition) is 3. The van der Waals surface area contributed by atoms with E-state index in [0.717, 1.165) is 5.75 Å². The second-order valence-electron chi connectivity index (χ2n) is 6.44. The van der Waals surface area contributed by atoms with Crippen LogP contribution in [0.3, 0.4) is 0 Å². The smallest absolute Gasteiger partial charge is 0.180 e. The Bertz CT molecular complexity index is 483. The first kappa shape index (κ1) is 14.5. The molecule has 1 aromatic carbocycles. The maximum absolute atomic E-state index is 6.07. The Kier molecular flexibility index (Phi) is 3.80. The second kappa shape index (κ2) is 5.23. The zero-order chi connectivity index (χ0) is 14.8. The Morgan fingerprint density at radius 3 is 1.75 bits per heavy atom. The Hall–Kier alpha value is -1.90. The number of nitrogens with zero attached hydrogens (tertiary/aromatic N) is 2. The molecule has 1 aliphatic heterocycles. The van der Waals surface area contributed by atoms with Crippen molar-refractivity contribution in [2.24, 2.45) is 0 Å². The molecule has 0 saturated heterocycles. The summed E-state index contributed by atoms with van der Waals surface area (Å²) >= 11 is 0. The van der Waals surface area contributed by atoms with E-state index in [1.165, 1.54) is 0 Å². The van der Waals surface area contributed by atoms with E-state index in [0.29, 0.717) is 0 Å². The summed E-state index contributed by atoms with van der Waals surface area (Å²) < 4.78 is 6.07. The third kappa shape index (κ3) is 3.35. The van der Waals surface area contributed by atoms with Crippen LogP contribution >= 0.6 is 0 Å². The lowest BCUT2D eigenvalue weighted by molar-refractivity contribution is -0.00145. The Labute approximate surface area is 122 Å². The van der Waals surface area contributed by atoms with Gasteiger partial charge in [-0.3, -0.25) is 0 Å². The summed E-state index contributed by atoms with van der Waals surface area (Å²) in [5.41, 5.74) is -0.345. The molecule has 0 radical (unpaired) electrons. The van der Waals surface area contributed by atoms with Crippen molar-refractivity contribution in [2.45, 2.75) is 45.9 Å². The van der Waals surface area contributed by atoms with Crippen molar-refractivity contribution < 1.29 is 4.74 Å². The third-order valence-corrected chi connectivity index (χ3v) is 3.28. The van der Waals surface area contributed by atoms with Crippen LogP contribution in [-0.4, -0.2) is 21.1 Å². The summed E-state index contributed by atoms with van der Waals surface area (Å²) in [5, 5.41) is 0. The standard InChI is InChI=1S/C17H24N2O/c1-16(2,3)18-11-13-19(14-12-18)17(4,5)20-15-9-7-6-8-10-15/h6-14H,1-5H3.